The number of rotatable bonds is 4. The van der Waals surface area contributed by atoms with Crippen LogP contribution >= 0.6 is 0 Å². The maximum Gasteiger partial charge on any atom is 0.320 e. The SMILES string of the molecule is Cn1ccnc1[C@H](NC(=O)Nc1cccnc1)c1cccc(F)c1. The van der Waals surface area contributed by atoms with Gasteiger partial charge in [0.2, 0.25) is 0 Å². The second-order valence-electron chi connectivity index (χ2n) is 5.22. The Balaban J connectivity index is 1.85. The zero-order chi connectivity index (χ0) is 16.9. The number of aromatic nitrogens is 3. The van der Waals surface area contributed by atoms with Gasteiger partial charge in [-0.05, 0) is 29.8 Å². The van der Waals surface area contributed by atoms with Crippen molar-refractivity contribution in [1.29, 1.82) is 0 Å². The van der Waals surface area contributed by atoms with E-state index in [1.54, 1.807) is 47.4 Å². The molecule has 0 saturated carbocycles. The Kier molecular flexibility index (Phi) is 4.51. The summed E-state index contributed by atoms with van der Waals surface area (Å²) in [5.41, 5.74) is 1.17. The topological polar surface area (TPSA) is 71.8 Å². The summed E-state index contributed by atoms with van der Waals surface area (Å²) in [4.78, 5) is 20.5. The summed E-state index contributed by atoms with van der Waals surface area (Å²) in [5.74, 6) is 0.225. The molecule has 3 rings (SSSR count). The minimum absolute atomic E-state index is 0.374. The Labute approximate surface area is 138 Å². The number of carbonyl (C=O) groups is 1. The highest BCUT2D eigenvalue weighted by atomic mass is 19.1. The number of urea groups is 1. The Morgan fingerprint density at radius 3 is 2.79 bits per heavy atom. The summed E-state index contributed by atoms with van der Waals surface area (Å²) < 4.78 is 15.4. The van der Waals surface area contributed by atoms with E-state index in [-0.39, 0.29) is 5.82 Å². The predicted molar refractivity (Wildman–Crippen MR) is 87.8 cm³/mol. The van der Waals surface area contributed by atoms with Crippen LogP contribution < -0.4 is 10.6 Å². The van der Waals surface area contributed by atoms with E-state index in [9.17, 15) is 9.18 Å². The van der Waals surface area contributed by atoms with E-state index in [1.165, 1.54) is 18.3 Å². The molecule has 1 atom stereocenters. The number of hydrogen-bond acceptors (Lipinski definition) is 3. The fraction of sp³-hybridized carbons (Fsp3) is 0.118. The van der Waals surface area contributed by atoms with Gasteiger partial charge in [0.25, 0.3) is 0 Å². The zero-order valence-corrected chi connectivity index (χ0v) is 13.0. The van der Waals surface area contributed by atoms with Crippen LogP contribution in [0.1, 0.15) is 17.4 Å². The van der Waals surface area contributed by atoms with Gasteiger partial charge in [0.05, 0.1) is 11.9 Å². The average Bonchev–Trinajstić information content (AvgIpc) is 2.99. The van der Waals surface area contributed by atoms with Crippen molar-refractivity contribution in [2.45, 2.75) is 6.04 Å². The second-order valence-corrected chi connectivity index (χ2v) is 5.22. The molecule has 2 heterocycles. The molecule has 6 nitrogen and oxygen atoms in total. The number of halogens is 1. The summed E-state index contributed by atoms with van der Waals surface area (Å²) in [7, 11) is 1.81. The Hall–Kier alpha value is -3.22. The van der Waals surface area contributed by atoms with E-state index in [2.05, 4.69) is 20.6 Å². The van der Waals surface area contributed by atoms with Crippen LogP contribution in [0.15, 0.2) is 61.2 Å². The predicted octanol–water partition coefficient (Wildman–Crippen LogP) is 2.87. The van der Waals surface area contributed by atoms with Crippen LogP contribution in [-0.4, -0.2) is 20.6 Å². The number of carbonyl (C=O) groups excluding carboxylic acids is 1. The molecule has 0 radical (unpaired) electrons. The van der Waals surface area contributed by atoms with Crippen molar-refractivity contribution in [3.8, 4) is 0 Å². The molecule has 7 heteroatoms. The van der Waals surface area contributed by atoms with Gasteiger partial charge in [-0.15, -0.1) is 0 Å². The molecule has 2 amide bonds. The number of benzene rings is 1. The Morgan fingerprint density at radius 1 is 1.25 bits per heavy atom. The van der Waals surface area contributed by atoms with E-state index in [1.807, 2.05) is 7.05 Å². The van der Waals surface area contributed by atoms with Gasteiger partial charge >= 0.3 is 6.03 Å². The van der Waals surface area contributed by atoms with E-state index < -0.39 is 12.1 Å². The highest BCUT2D eigenvalue weighted by Gasteiger charge is 2.21. The van der Waals surface area contributed by atoms with Crippen LogP contribution in [0.25, 0.3) is 0 Å². The molecule has 0 fully saturated rings. The van der Waals surface area contributed by atoms with Crippen molar-refractivity contribution in [3.63, 3.8) is 0 Å². The maximum absolute atomic E-state index is 13.6. The molecule has 0 spiro atoms. The third-order valence-corrected chi connectivity index (χ3v) is 3.49. The fourth-order valence-electron chi connectivity index (χ4n) is 2.37. The molecule has 122 valence electrons. The number of imidazole rings is 1. The monoisotopic (exact) mass is 325 g/mol. The van der Waals surface area contributed by atoms with Gasteiger partial charge in [0.15, 0.2) is 0 Å². The first kappa shape index (κ1) is 15.7. The quantitative estimate of drug-likeness (QED) is 0.775. The molecule has 3 aromatic rings. The standard InChI is InChI=1S/C17H16FN5O/c1-23-9-8-20-16(23)15(12-4-2-5-13(18)10-12)22-17(24)21-14-6-3-7-19-11-14/h2-11,15H,1H3,(H2,21,22,24)/t15-/m1/s1. The average molecular weight is 325 g/mol. The van der Waals surface area contributed by atoms with Crippen LogP contribution in [0.4, 0.5) is 14.9 Å². The fourth-order valence-corrected chi connectivity index (χ4v) is 2.37. The highest BCUT2D eigenvalue weighted by Crippen LogP contribution is 2.21. The summed E-state index contributed by atoms with van der Waals surface area (Å²) in [6.45, 7) is 0. The number of anilines is 1. The van der Waals surface area contributed by atoms with Crippen molar-refractivity contribution in [2.75, 3.05) is 5.32 Å². The van der Waals surface area contributed by atoms with Gasteiger partial charge in [-0.25, -0.2) is 14.2 Å². The van der Waals surface area contributed by atoms with Crippen molar-refractivity contribution < 1.29 is 9.18 Å². The van der Waals surface area contributed by atoms with Crippen molar-refractivity contribution >= 4 is 11.7 Å². The highest BCUT2D eigenvalue weighted by molar-refractivity contribution is 5.89. The van der Waals surface area contributed by atoms with E-state index in [0.717, 1.165) is 0 Å². The molecule has 2 aromatic heterocycles. The van der Waals surface area contributed by atoms with Crippen LogP contribution in [0, 0.1) is 5.82 Å². The summed E-state index contributed by atoms with van der Waals surface area (Å²) >= 11 is 0. The number of hydrogen-bond donors (Lipinski definition) is 2. The van der Waals surface area contributed by atoms with Crippen LogP contribution in [-0.2, 0) is 7.05 Å². The van der Waals surface area contributed by atoms with Crippen LogP contribution in [0.3, 0.4) is 0 Å². The summed E-state index contributed by atoms with van der Waals surface area (Å²) in [6, 6.07) is 8.51. The molecule has 0 aliphatic rings. The van der Waals surface area contributed by atoms with Gasteiger partial charge < -0.3 is 15.2 Å². The van der Waals surface area contributed by atoms with Gasteiger partial charge in [-0.1, -0.05) is 12.1 Å². The molecular weight excluding hydrogens is 309 g/mol. The molecule has 0 unspecified atom stereocenters. The number of pyridine rings is 1. The number of amides is 2. The third kappa shape index (κ3) is 3.57. The van der Waals surface area contributed by atoms with Crippen molar-refractivity contribution in [2.24, 2.45) is 7.05 Å². The first-order valence-electron chi connectivity index (χ1n) is 7.34. The van der Waals surface area contributed by atoms with Crippen LogP contribution in [0.5, 0.6) is 0 Å². The summed E-state index contributed by atoms with van der Waals surface area (Å²) in [5, 5.41) is 5.52. The summed E-state index contributed by atoms with van der Waals surface area (Å²) in [6.07, 6.45) is 6.55. The number of nitrogens with one attached hydrogen (secondary N) is 2. The molecular formula is C17H16FN5O. The molecule has 0 saturated heterocycles. The van der Waals surface area contributed by atoms with Crippen molar-refractivity contribution in [1.82, 2.24) is 19.9 Å². The Bertz CT molecular complexity index is 834. The number of nitrogens with zero attached hydrogens (tertiary/aromatic N) is 3. The van der Waals surface area contributed by atoms with E-state index >= 15 is 0 Å². The largest absolute Gasteiger partial charge is 0.336 e. The minimum Gasteiger partial charge on any atom is -0.336 e. The smallest absolute Gasteiger partial charge is 0.320 e. The lowest BCUT2D eigenvalue weighted by atomic mass is 10.1. The van der Waals surface area contributed by atoms with Crippen LogP contribution in [0.2, 0.25) is 0 Å². The van der Waals surface area contributed by atoms with E-state index in [4.69, 9.17) is 0 Å². The Morgan fingerprint density at radius 2 is 2.12 bits per heavy atom. The first-order valence-corrected chi connectivity index (χ1v) is 7.34. The van der Waals surface area contributed by atoms with Gasteiger partial charge in [-0.2, -0.15) is 0 Å². The zero-order valence-electron chi connectivity index (χ0n) is 13.0. The first-order chi connectivity index (χ1) is 11.6. The van der Waals surface area contributed by atoms with Gasteiger partial charge in [0, 0.05) is 25.6 Å². The molecule has 0 aliphatic carbocycles. The lowest BCUT2D eigenvalue weighted by Crippen LogP contribution is -2.34. The number of aryl methyl sites for hydroxylation is 1. The maximum atomic E-state index is 13.6. The van der Waals surface area contributed by atoms with E-state index in [0.29, 0.717) is 17.1 Å². The van der Waals surface area contributed by atoms with Gasteiger partial charge in [0.1, 0.15) is 17.7 Å². The molecule has 2 N–H and O–H groups in total. The second kappa shape index (κ2) is 6.91. The molecule has 24 heavy (non-hydrogen) atoms. The lowest BCUT2D eigenvalue weighted by Gasteiger charge is -2.19. The lowest BCUT2D eigenvalue weighted by molar-refractivity contribution is 0.249. The van der Waals surface area contributed by atoms with Gasteiger partial charge in [-0.3, -0.25) is 4.98 Å². The molecule has 0 aliphatic heterocycles. The minimum atomic E-state index is -0.586. The van der Waals surface area contributed by atoms with Crippen molar-refractivity contribution in [3.05, 3.63) is 78.4 Å². The molecule has 1 aromatic carbocycles. The molecule has 0 bridgehead atoms. The normalized spacial score (nSPS) is 11.8. The third-order valence-electron chi connectivity index (χ3n) is 3.49.